The van der Waals surface area contributed by atoms with E-state index >= 15 is 0 Å². The number of benzene rings is 4. The highest BCUT2D eigenvalue weighted by Crippen LogP contribution is 2.36. The zero-order chi connectivity index (χ0) is 35.3. The highest BCUT2D eigenvalue weighted by Gasteiger charge is 2.56. The maximum absolute atomic E-state index is 12.9. The first-order valence-electron chi connectivity index (χ1n) is 16.3. The second kappa shape index (κ2) is 18.7. The van der Waals surface area contributed by atoms with Gasteiger partial charge in [-0.2, -0.15) is 8.42 Å². The van der Waals surface area contributed by atoms with Crippen molar-refractivity contribution in [3.8, 4) is 5.75 Å². The van der Waals surface area contributed by atoms with Crippen molar-refractivity contribution < 1.29 is 41.0 Å². The second-order valence-corrected chi connectivity index (χ2v) is 14.4. The van der Waals surface area contributed by atoms with Crippen LogP contribution in [0.1, 0.15) is 22.3 Å². The Hall–Kier alpha value is -3.39. The molecule has 1 aliphatic carbocycles. The number of halogens is 1. The fourth-order valence-electron chi connectivity index (χ4n) is 5.78. The summed E-state index contributed by atoms with van der Waals surface area (Å²) < 4.78 is 71.0. The maximum atomic E-state index is 12.9. The normalized spacial score (nSPS) is 22.2. The Labute approximate surface area is 303 Å². The summed E-state index contributed by atoms with van der Waals surface area (Å²) in [6, 6.07) is 34.6. The van der Waals surface area contributed by atoms with E-state index in [1.807, 2.05) is 109 Å². The molecule has 0 aromatic heterocycles. The zero-order valence-corrected chi connectivity index (χ0v) is 30.5. The zero-order valence-electron chi connectivity index (χ0n) is 28.1. The van der Waals surface area contributed by atoms with Gasteiger partial charge in [0.05, 0.1) is 46.4 Å². The molecule has 6 atom stereocenters. The van der Waals surface area contributed by atoms with E-state index in [2.05, 4.69) is 22.5 Å². The third-order valence-electron chi connectivity index (χ3n) is 8.16. The Kier molecular flexibility index (Phi) is 14.2. The molecule has 1 aliphatic rings. The monoisotopic (exact) mass is 766 g/mol. The molecule has 0 spiro atoms. The van der Waals surface area contributed by atoms with Crippen LogP contribution in [-0.4, -0.2) is 65.0 Å². The first-order chi connectivity index (χ1) is 24.2. The van der Waals surface area contributed by atoms with Gasteiger partial charge in [-0.1, -0.05) is 107 Å². The Morgan fingerprint density at radius 1 is 0.580 bits per heavy atom. The predicted octanol–water partition coefficient (Wildman–Crippen LogP) is 7.03. The Bertz CT molecular complexity index is 1700. The molecule has 1 saturated carbocycles. The van der Waals surface area contributed by atoms with E-state index in [9.17, 15) is 8.42 Å². The van der Waals surface area contributed by atoms with E-state index < -0.39 is 46.7 Å². The minimum absolute atomic E-state index is 0.0969. The van der Waals surface area contributed by atoms with Crippen LogP contribution in [0.5, 0.6) is 5.75 Å². The van der Waals surface area contributed by atoms with Crippen molar-refractivity contribution in [2.45, 2.75) is 63.1 Å². The number of rotatable bonds is 18. The Balaban J connectivity index is 1.57. The lowest BCUT2D eigenvalue weighted by Crippen LogP contribution is -2.67. The summed E-state index contributed by atoms with van der Waals surface area (Å²) in [4.78, 5) is 0. The van der Waals surface area contributed by atoms with Crippen molar-refractivity contribution in [3.05, 3.63) is 149 Å². The molecule has 5 rings (SSSR count). The quantitative estimate of drug-likeness (QED) is 0.0781. The number of ether oxygens (including phenoxy) is 6. The molecule has 0 saturated heterocycles. The highest BCUT2D eigenvalue weighted by molar-refractivity contribution is 9.10. The van der Waals surface area contributed by atoms with Gasteiger partial charge in [0.25, 0.3) is 10.1 Å². The lowest BCUT2D eigenvalue weighted by atomic mass is 9.83. The van der Waals surface area contributed by atoms with Crippen molar-refractivity contribution in [2.75, 3.05) is 20.0 Å². The molecule has 0 bridgehead atoms. The van der Waals surface area contributed by atoms with Crippen LogP contribution in [0.15, 0.2) is 126 Å². The topological polar surface area (TPSA) is 98.8 Å². The molecule has 50 heavy (non-hydrogen) atoms. The molecule has 0 heterocycles. The van der Waals surface area contributed by atoms with Crippen LogP contribution in [0.25, 0.3) is 0 Å². The Morgan fingerprint density at radius 2 is 0.960 bits per heavy atom. The summed E-state index contributed by atoms with van der Waals surface area (Å²) in [5.74, 6) is 0.700. The van der Waals surface area contributed by atoms with Crippen LogP contribution in [0.3, 0.4) is 0 Å². The van der Waals surface area contributed by atoms with Crippen LogP contribution in [-0.2, 0) is 64.4 Å². The van der Waals surface area contributed by atoms with E-state index in [0.717, 1.165) is 33.0 Å². The lowest BCUT2D eigenvalue weighted by Gasteiger charge is -2.49. The van der Waals surface area contributed by atoms with Crippen LogP contribution in [0.2, 0.25) is 0 Å². The fourth-order valence-corrected chi connectivity index (χ4v) is 6.67. The minimum atomic E-state index is -4.02. The highest BCUT2D eigenvalue weighted by atomic mass is 79.9. The molecule has 0 aliphatic heterocycles. The molecule has 266 valence electrons. The third kappa shape index (κ3) is 11.1. The van der Waals surface area contributed by atoms with Gasteiger partial charge in [-0.15, -0.1) is 6.58 Å². The largest absolute Gasteiger partial charge is 0.497 e. The van der Waals surface area contributed by atoms with Crippen molar-refractivity contribution in [1.82, 2.24) is 0 Å². The van der Waals surface area contributed by atoms with Crippen LogP contribution >= 0.6 is 15.9 Å². The number of methoxy groups -OCH3 is 1. The molecular formula is C39H43BrO9S. The van der Waals surface area contributed by atoms with E-state index in [0.29, 0.717) is 5.75 Å². The van der Waals surface area contributed by atoms with E-state index in [1.165, 1.54) is 0 Å². The maximum Gasteiger partial charge on any atom is 0.264 e. The van der Waals surface area contributed by atoms with Gasteiger partial charge in [0, 0.05) is 4.47 Å². The molecule has 0 N–H and O–H groups in total. The van der Waals surface area contributed by atoms with Crippen molar-refractivity contribution in [2.24, 2.45) is 0 Å². The van der Waals surface area contributed by atoms with Gasteiger partial charge in [-0.25, -0.2) is 0 Å². The van der Waals surface area contributed by atoms with Gasteiger partial charge >= 0.3 is 0 Å². The average molecular weight is 768 g/mol. The van der Waals surface area contributed by atoms with Crippen LogP contribution < -0.4 is 4.74 Å². The van der Waals surface area contributed by atoms with Gasteiger partial charge in [-0.3, -0.25) is 4.18 Å². The molecule has 4 aromatic carbocycles. The van der Waals surface area contributed by atoms with E-state index in [1.54, 1.807) is 13.2 Å². The Morgan fingerprint density at radius 3 is 1.36 bits per heavy atom. The van der Waals surface area contributed by atoms with E-state index in [4.69, 9.17) is 32.6 Å². The van der Waals surface area contributed by atoms with Gasteiger partial charge in [0.1, 0.15) is 42.4 Å². The summed E-state index contributed by atoms with van der Waals surface area (Å²) in [6.07, 6.45) is -3.00. The second-order valence-electron chi connectivity index (χ2n) is 11.9. The summed E-state index contributed by atoms with van der Waals surface area (Å²) in [5.41, 5.74) is 3.59. The summed E-state index contributed by atoms with van der Waals surface area (Å²) in [6.45, 7) is 4.65. The first kappa shape index (κ1) is 37.9. The van der Waals surface area contributed by atoms with Gasteiger partial charge in [0.15, 0.2) is 0 Å². The van der Waals surface area contributed by atoms with Crippen molar-refractivity contribution in [3.63, 3.8) is 0 Å². The molecular weight excluding hydrogens is 724 g/mol. The SMILES string of the molecule is C=CCO[C@H]1[C@H](OCc2ccccc2)[C@H](OCc2ccc(Br)cc2)[C@H](OCc2ccccc2)[C@@H](OCc2ccc(OC)cc2)[C@@H]1OS(C)(=O)=O. The third-order valence-corrected chi connectivity index (χ3v) is 9.26. The van der Waals surface area contributed by atoms with E-state index in [-0.39, 0.29) is 33.0 Å². The van der Waals surface area contributed by atoms with Gasteiger partial charge in [0.2, 0.25) is 0 Å². The smallest absolute Gasteiger partial charge is 0.264 e. The van der Waals surface area contributed by atoms with Crippen molar-refractivity contribution in [1.29, 1.82) is 0 Å². The average Bonchev–Trinajstić information content (AvgIpc) is 3.12. The minimum Gasteiger partial charge on any atom is -0.497 e. The molecule has 0 radical (unpaired) electrons. The van der Waals surface area contributed by atoms with Crippen LogP contribution in [0, 0.1) is 0 Å². The fraction of sp³-hybridized carbons (Fsp3) is 0.333. The van der Waals surface area contributed by atoms with Crippen molar-refractivity contribution >= 4 is 26.0 Å². The molecule has 4 aromatic rings. The number of hydrogen-bond acceptors (Lipinski definition) is 9. The first-order valence-corrected chi connectivity index (χ1v) is 18.9. The summed E-state index contributed by atoms with van der Waals surface area (Å²) >= 11 is 3.50. The van der Waals surface area contributed by atoms with Crippen LogP contribution in [0.4, 0.5) is 0 Å². The summed E-state index contributed by atoms with van der Waals surface area (Å²) in [5, 5.41) is 0. The predicted molar refractivity (Wildman–Crippen MR) is 194 cm³/mol. The van der Waals surface area contributed by atoms with Gasteiger partial charge in [-0.05, 0) is 46.5 Å². The molecule has 0 amide bonds. The van der Waals surface area contributed by atoms with Gasteiger partial charge < -0.3 is 28.4 Å². The standard InChI is InChI=1S/C39H43BrO9S/c1-4-23-44-37-35(45-24-28-11-7-5-8-12-28)34(47-26-30-15-19-32(40)20-16-30)36(46-25-29-13-9-6-10-14-29)38(39(37)49-50(3,41)42)48-27-31-17-21-33(43-2)22-18-31/h4-22,34-39H,1,23-27H2,2-3H3/t34-,35+,36-,37-,38+,39+/m0/s1. The molecule has 0 unspecified atom stereocenters. The molecule has 1 fully saturated rings. The molecule has 11 heteroatoms. The number of hydrogen-bond donors (Lipinski definition) is 0. The summed E-state index contributed by atoms with van der Waals surface area (Å²) in [7, 11) is -2.42. The molecule has 9 nitrogen and oxygen atoms in total. The lowest BCUT2D eigenvalue weighted by molar-refractivity contribution is -0.275.